The van der Waals surface area contributed by atoms with Gasteiger partial charge in [0.2, 0.25) is 5.91 Å². The molecule has 1 amide bonds. The number of ether oxygens (including phenoxy) is 4. The van der Waals surface area contributed by atoms with Gasteiger partial charge in [-0.15, -0.1) is 0 Å². The lowest BCUT2D eigenvalue weighted by Gasteiger charge is -2.33. The first-order valence-electron chi connectivity index (χ1n) is 10.2. The van der Waals surface area contributed by atoms with E-state index < -0.39 is 0 Å². The Morgan fingerprint density at radius 1 is 1.10 bits per heavy atom. The first-order valence-corrected chi connectivity index (χ1v) is 10.2. The lowest BCUT2D eigenvalue weighted by Crippen LogP contribution is -2.48. The topological polar surface area (TPSA) is 81.3 Å². The van der Waals surface area contributed by atoms with Crippen molar-refractivity contribution >= 4 is 5.91 Å². The summed E-state index contributed by atoms with van der Waals surface area (Å²) < 4.78 is 21.5. The molecular weight excluding hydrogens is 374 g/mol. The van der Waals surface area contributed by atoms with Gasteiger partial charge in [0.15, 0.2) is 0 Å². The van der Waals surface area contributed by atoms with Crippen molar-refractivity contribution in [3.8, 4) is 11.5 Å². The van der Waals surface area contributed by atoms with Crippen molar-refractivity contribution in [3.05, 3.63) is 23.8 Å². The van der Waals surface area contributed by atoms with Gasteiger partial charge in [0.1, 0.15) is 17.5 Å². The Balaban J connectivity index is 1.50. The zero-order valence-electron chi connectivity index (χ0n) is 17.6. The van der Waals surface area contributed by atoms with Gasteiger partial charge < -0.3 is 23.8 Å². The second-order valence-corrected chi connectivity index (χ2v) is 7.57. The van der Waals surface area contributed by atoms with Gasteiger partial charge in [-0.05, 0) is 43.4 Å². The van der Waals surface area contributed by atoms with Crippen LogP contribution in [0.3, 0.4) is 0 Å². The van der Waals surface area contributed by atoms with Crippen LogP contribution in [0.25, 0.3) is 0 Å². The standard InChI is InChI=1S/C21H33N3O5/c1-26-10-11-29-14-15-6-8-24(9-7-15)21(25)19-13-18(22-23-19)17-12-16(27-2)4-5-20(17)28-3/h4-5,12,15,18-19,22-23H,6-11,13-14H2,1-3H3. The van der Waals surface area contributed by atoms with Gasteiger partial charge in [0.25, 0.3) is 0 Å². The van der Waals surface area contributed by atoms with Gasteiger partial charge in [-0.1, -0.05) is 0 Å². The predicted octanol–water partition coefficient (Wildman–Crippen LogP) is 1.51. The van der Waals surface area contributed by atoms with E-state index in [4.69, 9.17) is 18.9 Å². The molecule has 0 spiro atoms. The second kappa shape index (κ2) is 10.8. The third kappa shape index (κ3) is 5.60. The Kier molecular flexibility index (Phi) is 8.11. The van der Waals surface area contributed by atoms with Crippen LogP contribution in [-0.2, 0) is 14.3 Å². The van der Waals surface area contributed by atoms with Gasteiger partial charge in [0.05, 0.1) is 33.5 Å². The highest BCUT2D eigenvalue weighted by Crippen LogP contribution is 2.33. The van der Waals surface area contributed by atoms with E-state index in [1.165, 1.54) is 0 Å². The van der Waals surface area contributed by atoms with Crippen molar-refractivity contribution in [2.24, 2.45) is 5.92 Å². The number of benzene rings is 1. The molecule has 29 heavy (non-hydrogen) atoms. The van der Waals surface area contributed by atoms with Crippen LogP contribution in [0.2, 0.25) is 0 Å². The molecule has 2 unspecified atom stereocenters. The molecule has 2 aliphatic rings. The summed E-state index contributed by atoms with van der Waals surface area (Å²) in [6, 6.07) is 5.47. The molecule has 1 aromatic rings. The molecular formula is C21H33N3O5. The summed E-state index contributed by atoms with van der Waals surface area (Å²) in [4.78, 5) is 14.9. The molecule has 0 radical (unpaired) electrons. The van der Waals surface area contributed by atoms with Crippen LogP contribution in [0.4, 0.5) is 0 Å². The van der Waals surface area contributed by atoms with Crippen molar-refractivity contribution in [2.75, 3.05) is 54.2 Å². The molecule has 2 heterocycles. The number of hydrazine groups is 1. The second-order valence-electron chi connectivity index (χ2n) is 7.57. The fraction of sp³-hybridized carbons (Fsp3) is 0.667. The maximum absolute atomic E-state index is 13.0. The van der Waals surface area contributed by atoms with E-state index in [-0.39, 0.29) is 18.0 Å². The molecule has 2 atom stereocenters. The molecule has 2 fully saturated rings. The van der Waals surface area contributed by atoms with E-state index >= 15 is 0 Å². The average Bonchev–Trinajstić information content (AvgIpc) is 3.26. The van der Waals surface area contributed by atoms with Crippen LogP contribution in [0, 0.1) is 5.92 Å². The Hall–Kier alpha value is -1.87. The molecule has 2 saturated heterocycles. The van der Waals surface area contributed by atoms with E-state index in [0.717, 1.165) is 49.6 Å². The van der Waals surface area contributed by atoms with Gasteiger partial charge in [-0.2, -0.15) is 0 Å². The summed E-state index contributed by atoms with van der Waals surface area (Å²) in [6.45, 7) is 3.55. The highest BCUT2D eigenvalue weighted by atomic mass is 16.5. The van der Waals surface area contributed by atoms with E-state index in [1.807, 2.05) is 23.1 Å². The third-order valence-corrected chi connectivity index (χ3v) is 5.73. The maximum atomic E-state index is 13.0. The Labute approximate surface area is 172 Å². The van der Waals surface area contributed by atoms with Crippen molar-refractivity contribution < 1.29 is 23.7 Å². The fourth-order valence-corrected chi connectivity index (χ4v) is 3.97. The monoisotopic (exact) mass is 407 g/mol. The molecule has 0 aliphatic carbocycles. The van der Waals surface area contributed by atoms with Crippen LogP contribution in [-0.4, -0.2) is 71.1 Å². The van der Waals surface area contributed by atoms with Crippen LogP contribution in [0.5, 0.6) is 11.5 Å². The van der Waals surface area contributed by atoms with Gasteiger partial charge in [-0.3, -0.25) is 4.79 Å². The minimum Gasteiger partial charge on any atom is -0.497 e. The van der Waals surface area contributed by atoms with Crippen molar-refractivity contribution in [1.29, 1.82) is 0 Å². The SMILES string of the molecule is COCCOCC1CCN(C(=O)C2CC(c3cc(OC)ccc3OC)NN2)CC1. The summed E-state index contributed by atoms with van der Waals surface area (Å²) in [7, 11) is 4.97. The summed E-state index contributed by atoms with van der Waals surface area (Å²) in [6.07, 6.45) is 2.63. The first kappa shape index (κ1) is 21.8. The number of hydrogen-bond acceptors (Lipinski definition) is 7. The van der Waals surface area contributed by atoms with Crippen molar-refractivity contribution in [3.63, 3.8) is 0 Å². The van der Waals surface area contributed by atoms with E-state index in [2.05, 4.69) is 10.9 Å². The summed E-state index contributed by atoms with van der Waals surface area (Å²) >= 11 is 0. The molecule has 2 N–H and O–H groups in total. The molecule has 0 aromatic heterocycles. The Morgan fingerprint density at radius 2 is 1.90 bits per heavy atom. The Morgan fingerprint density at radius 3 is 2.59 bits per heavy atom. The number of carbonyl (C=O) groups excluding carboxylic acids is 1. The molecule has 0 bridgehead atoms. The van der Waals surface area contributed by atoms with Gasteiger partial charge in [0, 0.05) is 32.4 Å². The van der Waals surface area contributed by atoms with Crippen molar-refractivity contribution in [2.45, 2.75) is 31.3 Å². The number of hydrogen-bond donors (Lipinski definition) is 2. The molecule has 162 valence electrons. The number of likely N-dealkylation sites (tertiary alicyclic amines) is 1. The minimum absolute atomic E-state index is 0.0132. The van der Waals surface area contributed by atoms with Crippen LogP contribution < -0.4 is 20.3 Å². The number of rotatable bonds is 9. The number of carbonyl (C=O) groups is 1. The van der Waals surface area contributed by atoms with Crippen molar-refractivity contribution in [1.82, 2.24) is 15.8 Å². The van der Waals surface area contributed by atoms with Gasteiger partial charge in [-0.25, -0.2) is 10.9 Å². The largest absolute Gasteiger partial charge is 0.497 e. The number of amides is 1. The zero-order chi connectivity index (χ0) is 20.6. The number of piperidine rings is 1. The summed E-state index contributed by atoms with van der Waals surface area (Å²) in [5.41, 5.74) is 7.41. The maximum Gasteiger partial charge on any atom is 0.241 e. The molecule has 2 aliphatic heterocycles. The Bertz CT molecular complexity index is 664. The van der Waals surface area contributed by atoms with Gasteiger partial charge >= 0.3 is 0 Å². The molecule has 8 nitrogen and oxygen atoms in total. The lowest BCUT2D eigenvalue weighted by atomic mass is 9.96. The first-order chi connectivity index (χ1) is 14.2. The highest BCUT2D eigenvalue weighted by molar-refractivity contribution is 5.82. The number of methoxy groups -OCH3 is 3. The minimum atomic E-state index is -0.245. The number of nitrogens with zero attached hydrogens (tertiary/aromatic N) is 1. The third-order valence-electron chi connectivity index (χ3n) is 5.73. The molecule has 1 aromatic carbocycles. The van der Waals surface area contributed by atoms with Crippen LogP contribution >= 0.6 is 0 Å². The molecule has 8 heteroatoms. The lowest BCUT2D eigenvalue weighted by molar-refractivity contribution is -0.134. The normalized spacial score (nSPS) is 22.7. The highest BCUT2D eigenvalue weighted by Gasteiger charge is 2.35. The quantitative estimate of drug-likeness (QED) is 0.601. The fourth-order valence-electron chi connectivity index (χ4n) is 3.97. The molecule has 3 rings (SSSR count). The zero-order valence-corrected chi connectivity index (χ0v) is 17.6. The van der Waals surface area contributed by atoms with Crippen LogP contribution in [0.15, 0.2) is 18.2 Å². The summed E-state index contributed by atoms with van der Waals surface area (Å²) in [5.74, 6) is 2.22. The smallest absolute Gasteiger partial charge is 0.241 e. The average molecular weight is 408 g/mol. The number of nitrogens with one attached hydrogen (secondary N) is 2. The van der Waals surface area contributed by atoms with E-state index in [0.29, 0.717) is 25.6 Å². The predicted molar refractivity (Wildman–Crippen MR) is 109 cm³/mol. The van der Waals surface area contributed by atoms with E-state index in [1.54, 1.807) is 21.3 Å². The van der Waals surface area contributed by atoms with Crippen LogP contribution in [0.1, 0.15) is 30.9 Å². The van der Waals surface area contributed by atoms with E-state index in [9.17, 15) is 4.79 Å². The molecule has 0 saturated carbocycles. The summed E-state index contributed by atoms with van der Waals surface area (Å²) in [5, 5.41) is 0.